The van der Waals surface area contributed by atoms with Crippen LogP contribution in [0.5, 0.6) is 17.2 Å². The Morgan fingerprint density at radius 2 is 2.03 bits per heavy atom. The summed E-state index contributed by atoms with van der Waals surface area (Å²) in [6, 6.07) is 14.0. The SMILES string of the molecule is CN(C)c1ccc2nc(C3COc4ccc(Oc5ccnc6c5CCC(=O)N6)cc4C3)[nH]c2c1. The van der Waals surface area contributed by atoms with Crippen molar-refractivity contribution in [3.63, 3.8) is 0 Å². The smallest absolute Gasteiger partial charge is 0.225 e. The molecule has 2 N–H and O–H groups in total. The van der Waals surface area contributed by atoms with Crippen LogP contribution in [-0.4, -0.2) is 41.6 Å². The van der Waals surface area contributed by atoms with E-state index < -0.39 is 0 Å². The number of amides is 1. The van der Waals surface area contributed by atoms with Crippen LogP contribution in [0.25, 0.3) is 11.0 Å². The van der Waals surface area contributed by atoms with Gasteiger partial charge in [0.05, 0.1) is 23.6 Å². The number of aromatic amines is 1. The Kier molecular flexibility index (Phi) is 4.86. The van der Waals surface area contributed by atoms with E-state index in [0.717, 1.165) is 51.6 Å². The number of rotatable bonds is 4. The summed E-state index contributed by atoms with van der Waals surface area (Å²) in [6.45, 7) is 0.575. The zero-order chi connectivity index (χ0) is 23.2. The number of anilines is 2. The van der Waals surface area contributed by atoms with Gasteiger partial charge >= 0.3 is 0 Å². The molecule has 172 valence electrons. The number of ether oxygens (including phenoxy) is 2. The topological polar surface area (TPSA) is 92.4 Å². The Bertz CT molecular complexity index is 1410. The second-order valence-electron chi connectivity index (χ2n) is 8.99. The largest absolute Gasteiger partial charge is 0.493 e. The minimum absolute atomic E-state index is 0.0161. The van der Waals surface area contributed by atoms with E-state index in [9.17, 15) is 4.79 Å². The van der Waals surface area contributed by atoms with E-state index in [-0.39, 0.29) is 11.8 Å². The molecule has 2 aliphatic heterocycles. The first-order chi connectivity index (χ1) is 16.5. The number of hydrogen-bond donors (Lipinski definition) is 2. The molecule has 0 saturated heterocycles. The Morgan fingerprint density at radius 3 is 2.91 bits per heavy atom. The zero-order valence-corrected chi connectivity index (χ0v) is 19.1. The van der Waals surface area contributed by atoms with Gasteiger partial charge in [-0.2, -0.15) is 0 Å². The fourth-order valence-corrected chi connectivity index (χ4v) is 4.58. The van der Waals surface area contributed by atoms with Gasteiger partial charge < -0.3 is 24.7 Å². The molecule has 0 spiro atoms. The summed E-state index contributed by atoms with van der Waals surface area (Å²) in [4.78, 5) is 26.4. The van der Waals surface area contributed by atoms with Gasteiger partial charge in [0.25, 0.3) is 0 Å². The zero-order valence-electron chi connectivity index (χ0n) is 19.1. The summed E-state index contributed by atoms with van der Waals surface area (Å²) in [6.07, 6.45) is 3.50. The summed E-state index contributed by atoms with van der Waals surface area (Å²) in [5, 5.41) is 2.82. The predicted octanol–water partition coefficient (Wildman–Crippen LogP) is 4.42. The van der Waals surface area contributed by atoms with E-state index in [1.165, 1.54) is 0 Å². The Morgan fingerprint density at radius 1 is 1.12 bits per heavy atom. The second kappa shape index (κ2) is 8.06. The van der Waals surface area contributed by atoms with E-state index >= 15 is 0 Å². The quantitative estimate of drug-likeness (QED) is 0.473. The Hall–Kier alpha value is -4.07. The average molecular weight is 456 g/mol. The summed E-state index contributed by atoms with van der Waals surface area (Å²) in [7, 11) is 4.06. The van der Waals surface area contributed by atoms with Crippen molar-refractivity contribution in [2.24, 2.45) is 0 Å². The van der Waals surface area contributed by atoms with Crippen molar-refractivity contribution >= 4 is 28.4 Å². The normalized spacial score (nSPS) is 16.9. The molecule has 1 unspecified atom stereocenters. The third-order valence-electron chi connectivity index (χ3n) is 6.43. The molecule has 0 aliphatic carbocycles. The molecule has 8 nitrogen and oxygen atoms in total. The average Bonchev–Trinajstić information content (AvgIpc) is 3.27. The van der Waals surface area contributed by atoms with Crippen LogP contribution in [0, 0.1) is 0 Å². The first-order valence-corrected chi connectivity index (χ1v) is 11.4. The van der Waals surface area contributed by atoms with Crippen LogP contribution < -0.4 is 19.7 Å². The first kappa shape index (κ1) is 20.5. The van der Waals surface area contributed by atoms with Crippen LogP contribution in [0.1, 0.15) is 29.3 Å². The number of nitrogens with zero attached hydrogens (tertiary/aromatic N) is 3. The van der Waals surface area contributed by atoms with Gasteiger partial charge in [0.15, 0.2) is 0 Å². The van der Waals surface area contributed by atoms with Gasteiger partial charge in [0, 0.05) is 38.0 Å². The number of carbonyl (C=O) groups excluding carboxylic acids is 1. The Labute approximate surface area is 196 Å². The van der Waals surface area contributed by atoms with Crippen molar-refractivity contribution in [3.05, 3.63) is 65.6 Å². The number of benzene rings is 2. The van der Waals surface area contributed by atoms with Crippen LogP contribution in [0.15, 0.2) is 48.7 Å². The number of pyridine rings is 1. The van der Waals surface area contributed by atoms with E-state index in [2.05, 4.69) is 32.3 Å². The van der Waals surface area contributed by atoms with Crippen molar-refractivity contribution in [1.29, 1.82) is 0 Å². The number of nitrogens with one attached hydrogen (secondary N) is 2. The van der Waals surface area contributed by atoms with Crippen molar-refractivity contribution in [3.8, 4) is 17.2 Å². The number of imidazole rings is 1. The number of H-pyrrole nitrogens is 1. The lowest BCUT2D eigenvalue weighted by Gasteiger charge is -2.25. The molecule has 0 radical (unpaired) electrons. The van der Waals surface area contributed by atoms with Crippen molar-refractivity contribution in [2.75, 3.05) is 30.9 Å². The fraction of sp³-hybridized carbons (Fsp3) is 0.269. The van der Waals surface area contributed by atoms with E-state index in [1.54, 1.807) is 6.20 Å². The number of hydrogen-bond acceptors (Lipinski definition) is 6. The van der Waals surface area contributed by atoms with Crippen LogP contribution >= 0.6 is 0 Å². The molecule has 1 amide bonds. The van der Waals surface area contributed by atoms with Gasteiger partial charge in [-0.05, 0) is 60.9 Å². The molecule has 8 heteroatoms. The van der Waals surface area contributed by atoms with Crippen LogP contribution in [0.4, 0.5) is 11.5 Å². The molecule has 6 rings (SSSR count). The maximum atomic E-state index is 11.7. The lowest BCUT2D eigenvalue weighted by atomic mass is 9.96. The fourth-order valence-electron chi connectivity index (χ4n) is 4.58. The van der Waals surface area contributed by atoms with Crippen LogP contribution in [-0.2, 0) is 17.6 Å². The molecule has 2 aromatic heterocycles. The highest BCUT2D eigenvalue weighted by Crippen LogP contribution is 2.37. The molecular formula is C26H25N5O3. The molecule has 4 heterocycles. The maximum Gasteiger partial charge on any atom is 0.225 e. The van der Waals surface area contributed by atoms with E-state index in [0.29, 0.717) is 31.0 Å². The second-order valence-corrected chi connectivity index (χ2v) is 8.99. The third kappa shape index (κ3) is 3.71. The minimum atomic E-state index is -0.0161. The summed E-state index contributed by atoms with van der Waals surface area (Å²) >= 11 is 0. The number of aromatic nitrogens is 3. The molecule has 0 bridgehead atoms. The van der Waals surface area contributed by atoms with Crippen LogP contribution in [0.3, 0.4) is 0 Å². The molecular weight excluding hydrogens is 430 g/mol. The lowest BCUT2D eigenvalue weighted by molar-refractivity contribution is -0.116. The van der Waals surface area contributed by atoms with E-state index in [4.69, 9.17) is 14.5 Å². The third-order valence-corrected chi connectivity index (χ3v) is 6.43. The van der Waals surface area contributed by atoms with Crippen molar-refractivity contribution in [2.45, 2.75) is 25.2 Å². The van der Waals surface area contributed by atoms with E-state index in [1.807, 2.05) is 44.4 Å². The molecule has 2 aliphatic rings. The minimum Gasteiger partial charge on any atom is -0.493 e. The van der Waals surface area contributed by atoms with Gasteiger partial charge in [-0.3, -0.25) is 4.79 Å². The molecule has 2 aromatic carbocycles. The predicted molar refractivity (Wildman–Crippen MR) is 130 cm³/mol. The molecule has 0 saturated carbocycles. The highest BCUT2D eigenvalue weighted by Gasteiger charge is 2.25. The highest BCUT2D eigenvalue weighted by atomic mass is 16.5. The highest BCUT2D eigenvalue weighted by molar-refractivity contribution is 5.93. The van der Waals surface area contributed by atoms with Crippen molar-refractivity contribution < 1.29 is 14.3 Å². The van der Waals surface area contributed by atoms with Gasteiger partial charge in [-0.1, -0.05) is 0 Å². The van der Waals surface area contributed by atoms with Gasteiger partial charge in [0.1, 0.15) is 28.9 Å². The monoisotopic (exact) mass is 455 g/mol. The Balaban J connectivity index is 1.25. The van der Waals surface area contributed by atoms with Gasteiger partial charge in [0.2, 0.25) is 5.91 Å². The first-order valence-electron chi connectivity index (χ1n) is 11.4. The van der Waals surface area contributed by atoms with Crippen molar-refractivity contribution in [1.82, 2.24) is 15.0 Å². The molecule has 4 aromatic rings. The molecule has 0 fully saturated rings. The molecule has 1 atom stereocenters. The summed E-state index contributed by atoms with van der Waals surface area (Å²) in [5.41, 5.74) is 5.12. The van der Waals surface area contributed by atoms with Gasteiger partial charge in [-0.15, -0.1) is 0 Å². The maximum absolute atomic E-state index is 11.7. The standard InChI is InChI=1S/C26H25N5O3/c1-31(2)17-3-6-20-21(13-17)29-25(28-20)16-11-15-12-18(4-7-22(15)33-14-16)34-23-9-10-27-26-19(23)5-8-24(32)30-26/h3-4,6-7,9-10,12-13,16H,5,8,11,14H2,1-2H3,(H,28,29)(H,27,30,32). The number of carbonyl (C=O) groups is 1. The number of fused-ring (bicyclic) bond motifs is 3. The lowest BCUT2D eigenvalue weighted by Crippen LogP contribution is -2.20. The van der Waals surface area contributed by atoms with Gasteiger partial charge in [-0.25, -0.2) is 9.97 Å². The summed E-state index contributed by atoms with van der Waals surface area (Å²) in [5.74, 6) is 3.94. The van der Waals surface area contributed by atoms with Crippen LogP contribution in [0.2, 0.25) is 0 Å². The summed E-state index contributed by atoms with van der Waals surface area (Å²) < 4.78 is 12.3. The molecule has 34 heavy (non-hydrogen) atoms.